The van der Waals surface area contributed by atoms with Gasteiger partial charge in [0.2, 0.25) is 0 Å². The smallest absolute Gasteiger partial charge is 0.118 e. The van der Waals surface area contributed by atoms with Gasteiger partial charge in [0.15, 0.2) is 0 Å². The van der Waals surface area contributed by atoms with Gasteiger partial charge in [-0.15, -0.1) is 0 Å². The van der Waals surface area contributed by atoms with Gasteiger partial charge in [0, 0.05) is 10.9 Å². The minimum atomic E-state index is 0.273. The van der Waals surface area contributed by atoms with Gasteiger partial charge >= 0.3 is 0 Å². The molecular weight excluding hydrogens is 258 g/mol. The minimum absolute atomic E-state index is 0.273. The van der Waals surface area contributed by atoms with Crippen LogP contribution in [0.5, 0.6) is 5.75 Å². The Kier molecular flexibility index (Phi) is 4.83. The van der Waals surface area contributed by atoms with E-state index in [1.165, 1.54) is 11.1 Å². The molecule has 0 saturated carbocycles. The summed E-state index contributed by atoms with van der Waals surface area (Å²) in [5, 5.41) is 0.757. The molecule has 3 heteroatoms. The molecule has 0 aliphatic heterocycles. The fourth-order valence-electron chi connectivity index (χ4n) is 2.25. The van der Waals surface area contributed by atoms with Crippen LogP contribution in [0.4, 0.5) is 0 Å². The van der Waals surface area contributed by atoms with Crippen molar-refractivity contribution in [2.75, 3.05) is 13.7 Å². The molecule has 2 aromatic rings. The van der Waals surface area contributed by atoms with Crippen LogP contribution in [0.15, 0.2) is 48.5 Å². The summed E-state index contributed by atoms with van der Waals surface area (Å²) in [4.78, 5) is 0. The van der Waals surface area contributed by atoms with Gasteiger partial charge in [-0.1, -0.05) is 35.9 Å². The van der Waals surface area contributed by atoms with Crippen molar-refractivity contribution in [3.05, 3.63) is 64.7 Å². The summed E-state index contributed by atoms with van der Waals surface area (Å²) in [7, 11) is 1.67. The first-order valence-corrected chi connectivity index (χ1v) is 6.72. The summed E-state index contributed by atoms with van der Waals surface area (Å²) < 4.78 is 5.19. The van der Waals surface area contributed by atoms with Gasteiger partial charge in [0.25, 0.3) is 0 Å². The summed E-state index contributed by atoms with van der Waals surface area (Å²) in [6.07, 6.45) is 0.896. The molecule has 0 aromatic heterocycles. The van der Waals surface area contributed by atoms with Gasteiger partial charge in [-0.3, -0.25) is 0 Å². The Morgan fingerprint density at radius 3 is 2.42 bits per heavy atom. The summed E-state index contributed by atoms with van der Waals surface area (Å²) in [5.74, 6) is 1.14. The molecular formula is C16H18ClNO. The van der Waals surface area contributed by atoms with Gasteiger partial charge in [-0.25, -0.2) is 0 Å². The molecule has 2 nitrogen and oxygen atoms in total. The number of nitrogens with two attached hydrogens (primary N) is 1. The third-order valence-electron chi connectivity index (χ3n) is 3.22. The molecule has 100 valence electrons. The Morgan fingerprint density at radius 1 is 1.11 bits per heavy atom. The van der Waals surface area contributed by atoms with E-state index < -0.39 is 0 Å². The fraction of sp³-hybridized carbons (Fsp3) is 0.250. The molecule has 0 saturated heterocycles. The molecule has 0 aliphatic rings. The van der Waals surface area contributed by atoms with Gasteiger partial charge in [-0.05, 0) is 48.4 Å². The topological polar surface area (TPSA) is 35.2 Å². The van der Waals surface area contributed by atoms with Gasteiger partial charge < -0.3 is 10.5 Å². The lowest BCUT2D eigenvalue weighted by Gasteiger charge is -2.18. The van der Waals surface area contributed by atoms with Crippen molar-refractivity contribution in [1.29, 1.82) is 0 Å². The summed E-state index contributed by atoms with van der Waals surface area (Å²) in [6.45, 7) is 0.642. The van der Waals surface area contributed by atoms with Crippen molar-refractivity contribution < 1.29 is 4.74 Å². The van der Waals surface area contributed by atoms with Crippen molar-refractivity contribution >= 4 is 11.6 Å². The lowest BCUT2D eigenvalue weighted by atomic mass is 9.88. The van der Waals surface area contributed by atoms with E-state index in [2.05, 4.69) is 18.2 Å². The number of benzene rings is 2. The zero-order valence-electron chi connectivity index (χ0n) is 11.0. The van der Waals surface area contributed by atoms with Crippen molar-refractivity contribution in [3.8, 4) is 5.75 Å². The molecule has 0 radical (unpaired) electrons. The number of hydrogen-bond donors (Lipinski definition) is 1. The van der Waals surface area contributed by atoms with Crippen LogP contribution in [0.3, 0.4) is 0 Å². The zero-order valence-corrected chi connectivity index (χ0v) is 11.7. The Labute approximate surface area is 119 Å². The van der Waals surface area contributed by atoms with Crippen LogP contribution in [0.2, 0.25) is 5.02 Å². The van der Waals surface area contributed by atoms with Crippen molar-refractivity contribution in [3.63, 3.8) is 0 Å². The van der Waals surface area contributed by atoms with Crippen LogP contribution in [-0.2, 0) is 0 Å². The van der Waals surface area contributed by atoms with Gasteiger partial charge in [0.05, 0.1) is 7.11 Å². The van der Waals surface area contributed by atoms with Crippen LogP contribution in [-0.4, -0.2) is 13.7 Å². The second-order valence-electron chi connectivity index (χ2n) is 4.46. The maximum atomic E-state index is 6.07. The molecule has 0 fully saturated rings. The largest absolute Gasteiger partial charge is 0.497 e. The van der Waals surface area contributed by atoms with E-state index in [0.29, 0.717) is 6.54 Å². The van der Waals surface area contributed by atoms with E-state index in [0.717, 1.165) is 17.2 Å². The molecule has 2 N–H and O–H groups in total. The van der Waals surface area contributed by atoms with Crippen molar-refractivity contribution in [2.45, 2.75) is 12.3 Å². The number of rotatable bonds is 5. The quantitative estimate of drug-likeness (QED) is 0.900. The molecule has 19 heavy (non-hydrogen) atoms. The Hall–Kier alpha value is -1.51. The third kappa shape index (κ3) is 3.49. The number of methoxy groups -OCH3 is 1. The maximum absolute atomic E-state index is 6.07. The average molecular weight is 276 g/mol. The fourth-order valence-corrected chi connectivity index (χ4v) is 2.45. The Bertz CT molecular complexity index is 525. The van der Waals surface area contributed by atoms with Crippen LogP contribution < -0.4 is 10.5 Å². The predicted molar refractivity (Wildman–Crippen MR) is 80.0 cm³/mol. The first-order valence-electron chi connectivity index (χ1n) is 6.34. The van der Waals surface area contributed by atoms with E-state index in [9.17, 15) is 0 Å². The molecule has 0 heterocycles. The highest BCUT2D eigenvalue weighted by atomic mass is 35.5. The summed E-state index contributed by atoms with van der Waals surface area (Å²) >= 11 is 6.07. The van der Waals surface area contributed by atoms with E-state index in [1.807, 2.05) is 30.3 Å². The van der Waals surface area contributed by atoms with Crippen LogP contribution in [0.25, 0.3) is 0 Å². The Balaban J connectivity index is 2.33. The van der Waals surface area contributed by atoms with Crippen molar-refractivity contribution in [1.82, 2.24) is 0 Å². The second-order valence-corrected chi connectivity index (χ2v) is 4.89. The molecule has 1 unspecified atom stereocenters. The normalized spacial score (nSPS) is 12.2. The van der Waals surface area contributed by atoms with Crippen molar-refractivity contribution in [2.24, 2.45) is 5.73 Å². The predicted octanol–water partition coefficient (Wildman–Crippen LogP) is 3.83. The van der Waals surface area contributed by atoms with E-state index in [1.54, 1.807) is 7.11 Å². The molecule has 2 aromatic carbocycles. The zero-order chi connectivity index (χ0) is 13.7. The summed E-state index contributed by atoms with van der Waals surface area (Å²) in [6, 6.07) is 16.1. The first kappa shape index (κ1) is 13.9. The summed E-state index contributed by atoms with van der Waals surface area (Å²) in [5.41, 5.74) is 8.17. The number of halogens is 1. The highest BCUT2D eigenvalue weighted by Gasteiger charge is 2.13. The SMILES string of the molecule is COc1ccc(C(CCN)c2cccc(Cl)c2)cc1. The van der Waals surface area contributed by atoms with Crippen LogP contribution in [0, 0.1) is 0 Å². The average Bonchev–Trinajstić information content (AvgIpc) is 2.45. The monoisotopic (exact) mass is 275 g/mol. The lowest BCUT2D eigenvalue weighted by molar-refractivity contribution is 0.414. The van der Waals surface area contributed by atoms with E-state index >= 15 is 0 Å². The molecule has 2 rings (SSSR count). The van der Waals surface area contributed by atoms with E-state index in [-0.39, 0.29) is 5.92 Å². The number of hydrogen-bond acceptors (Lipinski definition) is 2. The molecule has 0 aliphatic carbocycles. The Morgan fingerprint density at radius 2 is 1.84 bits per heavy atom. The molecule has 0 amide bonds. The highest BCUT2D eigenvalue weighted by Crippen LogP contribution is 2.30. The second kappa shape index (κ2) is 6.60. The number of ether oxygens (including phenoxy) is 1. The molecule has 0 spiro atoms. The minimum Gasteiger partial charge on any atom is -0.497 e. The van der Waals surface area contributed by atoms with Crippen LogP contribution >= 0.6 is 11.6 Å². The van der Waals surface area contributed by atoms with Gasteiger partial charge in [-0.2, -0.15) is 0 Å². The van der Waals surface area contributed by atoms with Crippen LogP contribution in [0.1, 0.15) is 23.5 Å². The van der Waals surface area contributed by atoms with E-state index in [4.69, 9.17) is 22.1 Å². The first-order chi connectivity index (χ1) is 9.24. The third-order valence-corrected chi connectivity index (χ3v) is 3.46. The standard InChI is InChI=1S/C16H18ClNO/c1-19-15-7-5-12(6-8-15)16(9-10-18)13-3-2-4-14(17)11-13/h2-8,11,16H,9-10,18H2,1H3. The van der Waals surface area contributed by atoms with Gasteiger partial charge in [0.1, 0.15) is 5.75 Å². The molecule has 1 atom stereocenters. The maximum Gasteiger partial charge on any atom is 0.118 e. The lowest BCUT2D eigenvalue weighted by Crippen LogP contribution is -2.08. The highest BCUT2D eigenvalue weighted by molar-refractivity contribution is 6.30. The molecule has 0 bridgehead atoms.